The molecule has 8 heteroatoms. The van der Waals surface area contributed by atoms with E-state index in [-0.39, 0.29) is 11.0 Å². The molecule has 1 saturated heterocycles. The standard InChI is InChI=1S/C20H22ClN3O3S/c21-11-1-3-14-5-8-16(9-6-14)28(25,26)24-15-7-10-17-18(13-15)23-20(22-17)19-4-2-12-27-19/h5-10,13,19,24H,1-4,11-12H2,(H,22,23). The van der Waals surface area contributed by atoms with Crippen LogP contribution in [0.15, 0.2) is 47.4 Å². The summed E-state index contributed by atoms with van der Waals surface area (Å²) in [6, 6.07) is 12.2. The molecule has 1 unspecified atom stereocenters. The monoisotopic (exact) mass is 419 g/mol. The zero-order valence-electron chi connectivity index (χ0n) is 15.3. The number of fused-ring (bicyclic) bond motifs is 1. The number of rotatable bonds is 7. The number of aromatic nitrogens is 2. The lowest BCUT2D eigenvalue weighted by molar-refractivity contribution is 0.106. The van der Waals surface area contributed by atoms with Crippen LogP contribution in [0.5, 0.6) is 0 Å². The van der Waals surface area contributed by atoms with Gasteiger partial charge in [-0.05, 0) is 61.6 Å². The van der Waals surface area contributed by atoms with E-state index in [4.69, 9.17) is 16.3 Å². The van der Waals surface area contributed by atoms with Gasteiger partial charge in [0.05, 0.1) is 21.6 Å². The van der Waals surface area contributed by atoms with E-state index in [1.807, 2.05) is 12.1 Å². The number of hydrogen-bond acceptors (Lipinski definition) is 4. The zero-order chi connectivity index (χ0) is 19.6. The van der Waals surface area contributed by atoms with E-state index in [0.29, 0.717) is 11.6 Å². The second-order valence-corrected chi connectivity index (χ2v) is 8.96. The molecule has 1 aliphatic rings. The Bertz CT molecular complexity index is 1060. The van der Waals surface area contributed by atoms with Gasteiger partial charge >= 0.3 is 0 Å². The molecule has 0 amide bonds. The molecule has 148 valence electrons. The highest BCUT2D eigenvalue weighted by Crippen LogP contribution is 2.29. The van der Waals surface area contributed by atoms with Crippen LogP contribution in [0, 0.1) is 0 Å². The molecular formula is C20H22ClN3O3S. The molecule has 0 spiro atoms. The summed E-state index contributed by atoms with van der Waals surface area (Å²) in [4.78, 5) is 8.03. The van der Waals surface area contributed by atoms with Gasteiger partial charge in [0.15, 0.2) is 0 Å². The summed E-state index contributed by atoms with van der Waals surface area (Å²) in [5.74, 6) is 1.38. The number of sulfonamides is 1. The van der Waals surface area contributed by atoms with Crippen LogP contribution in [0.1, 0.15) is 36.8 Å². The van der Waals surface area contributed by atoms with Crippen LogP contribution in [0.4, 0.5) is 5.69 Å². The normalized spacial score (nSPS) is 17.2. The van der Waals surface area contributed by atoms with E-state index in [9.17, 15) is 8.42 Å². The van der Waals surface area contributed by atoms with Crippen LogP contribution >= 0.6 is 11.6 Å². The molecule has 28 heavy (non-hydrogen) atoms. The van der Waals surface area contributed by atoms with Crippen LogP contribution in [-0.4, -0.2) is 30.9 Å². The number of aromatic amines is 1. The molecular weight excluding hydrogens is 398 g/mol. The molecule has 3 aromatic rings. The van der Waals surface area contributed by atoms with Gasteiger partial charge in [-0.25, -0.2) is 13.4 Å². The van der Waals surface area contributed by atoms with Crippen molar-refractivity contribution in [2.24, 2.45) is 0 Å². The minimum absolute atomic E-state index is 0.00939. The van der Waals surface area contributed by atoms with Crippen molar-refractivity contribution in [3.8, 4) is 0 Å². The van der Waals surface area contributed by atoms with E-state index in [1.165, 1.54) is 0 Å². The van der Waals surface area contributed by atoms with Crippen molar-refractivity contribution in [3.63, 3.8) is 0 Å². The highest BCUT2D eigenvalue weighted by atomic mass is 35.5. The Hall–Kier alpha value is -2.09. The third-order valence-electron chi connectivity index (χ3n) is 4.82. The predicted octanol–water partition coefficient (Wildman–Crippen LogP) is 4.39. The summed E-state index contributed by atoms with van der Waals surface area (Å²) in [5, 5.41) is 0. The summed E-state index contributed by atoms with van der Waals surface area (Å²) < 4.78 is 33.7. The van der Waals surface area contributed by atoms with Crippen molar-refractivity contribution in [2.75, 3.05) is 17.2 Å². The summed E-state index contributed by atoms with van der Waals surface area (Å²) in [6.07, 6.45) is 3.66. The lowest BCUT2D eigenvalue weighted by Crippen LogP contribution is -2.12. The highest BCUT2D eigenvalue weighted by Gasteiger charge is 2.21. The number of nitrogens with one attached hydrogen (secondary N) is 2. The first-order valence-corrected chi connectivity index (χ1v) is 11.4. The van der Waals surface area contributed by atoms with Gasteiger partial charge in [0.25, 0.3) is 10.0 Å². The molecule has 0 aliphatic carbocycles. The fourth-order valence-corrected chi connectivity index (χ4v) is 4.54. The molecule has 2 heterocycles. The van der Waals surface area contributed by atoms with Crippen molar-refractivity contribution in [2.45, 2.75) is 36.7 Å². The van der Waals surface area contributed by atoms with Gasteiger partial charge in [0.2, 0.25) is 0 Å². The molecule has 4 rings (SSSR count). The fraction of sp³-hybridized carbons (Fsp3) is 0.350. The van der Waals surface area contributed by atoms with Crippen molar-refractivity contribution < 1.29 is 13.2 Å². The van der Waals surface area contributed by atoms with E-state index in [1.54, 1.807) is 30.3 Å². The van der Waals surface area contributed by atoms with Crippen molar-refractivity contribution in [3.05, 3.63) is 53.9 Å². The summed E-state index contributed by atoms with van der Waals surface area (Å²) in [7, 11) is -3.66. The van der Waals surface area contributed by atoms with Crippen LogP contribution in [-0.2, 0) is 21.2 Å². The Balaban J connectivity index is 1.52. The van der Waals surface area contributed by atoms with Gasteiger partial charge in [-0.2, -0.15) is 0 Å². The van der Waals surface area contributed by atoms with Gasteiger partial charge in [-0.15, -0.1) is 11.6 Å². The number of nitrogens with zero attached hydrogens (tertiary/aromatic N) is 1. The fourth-order valence-electron chi connectivity index (χ4n) is 3.36. The van der Waals surface area contributed by atoms with Crippen molar-refractivity contribution in [1.29, 1.82) is 0 Å². The largest absolute Gasteiger partial charge is 0.370 e. The third kappa shape index (κ3) is 4.16. The molecule has 1 aliphatic heterocycles. The number of hydrogen-bond donors (Lipinski definition) is 2. The van der Waals surface area contributed by atoms with Gasteiger partial charge in [0.1, 0.15) is 11.9 Å². The maximum absolute atomic E-state index is 12.7. The maximum Gasteiger partial charge on any atom is 0.261 e. The Morgan fingerprint density at radius 3 is 2.75 bits per heavy atom. The minimum atomic E-state index is -3.66. The molecule has 0 saturated carbocycles. The Morgan fingerprint density at radius 1 is 1.21 bits per heavy atom. The maximum atomic E-state index is 12.7. The SMILES string of the molecule is O=S(=O)(Nc1ccc2nc(C3CCCO3)[nH]c2c1)c1ccc(CCCCl)cc1. The topological polar surface area (TPSA) is 84.1 Å². The predicted molar refractivity (Wildman–Crippen MR) is 110 cm³/mol. The number of H-pyrrole nitrogens is 1. The van der Waals surface area contributed by atoms with Crippen LogP contribution in [0.25, 0.3) is 11.0 Å². The van der Waals surface area contributed by atoms with Crippen LogP contribution in [0.3, 0.4) is 0 Å². The number of benzene rings is 2. The molecule has 1 aromatic heterocycles. The third-order valence-corrected chi connectivity index (χ3v) is 6.48. The van der Waals surface area contributed by atoms with Gasteiger partial charge in [-0.3, -0.25) is 4.72 Å². The molecule has 6 nitrogen and oxygen atoms in total. The van der Waals surface area contributed by atoms with E-state index >= 15 is 0 Å². The first kappa shape index (κ1) is 19.2. The van der Waals surface area contributed by atoms with E-state index in [0.717, 1.165) is 54.7 Å². The number of aryl methyl sites for hydroxylation is 1. The first-order chi connectivity index (χ1) is 13.5. The van der Waals surface area contributed by atoms with E-state index in [2.05, 4.69) is 14.7 Å². The van der Waals surface area contributed by atoms with Crippen LogP contribution in [0.2, 0.25) is 0 Å². The molecule has 1 fully saturated rings. The quantitative estimate of drug-likeness (QED) is 0.556. The second kappa shape index (κ2) is 8.11. The minimum Gasteiger partial charge on any atom is -0.370 e. The Kier molecular flexibility index (Phi) is 5.57. The number of imidazole rings is 1. The Morgan fingerprint density at radius 2 is 2.04 bits per heavy atom. The lowest BCUT2D eigenvalue weighted by Gasteiger charge is -2.09. The molecule has 0 bridgehead atoms. The van der Waals surface area contributed by atoms with Gasteiger partial charge in [-0.1, -0.05) is 12.1 Å². The summed E-state index contributed by atoms with van der Waals surface area (Å²) >= 11 is 5.71. The van der Waals surface area contributed by atoms with Gasteiger partial charge < -0.3 is 9.72 Å². The first-order valence-electron chi connectivity index (χ1n) is 9.34. The van der Waals surface area contributed by atoms with Crippen LogP contribution < -0.4 is 4.72 Å². The van der Waals surface area contributed by atoms with E-state index < -0.39 is 10.0 Å². The molecule has 2 aromatic carbocycles. The zero-order valence-corrected chi connectivity index (χ0v) is 16.9. The summed E-state index contributed by atoms with van der Waals surface area (Å²) in [6.45, 7) is 0.747. The Labute approximate surface area is 169 Å². The smallest absolute Gasteiger partial charge is 0.261 e. The molecule has 0 radical (unpaired) electrons. The van der Waals surface area contributed by atoms with Gasteiger partial charge in [0, 0.05) is 12.5 Å². The number of ether oxygens (including phenoxy) is 1. The second-order valence-electron chi connectivity index (χ2n) is 6.90. The number of anilines is 1. The van der Waals surface area contributed by atoms with Crippen molar-refractivity contribution in [1.82, 2.24) is 9.97 Å². The summed E-state index contributed by atoms with van der Waals surface area (Å²) in [5.41, 5.74) is 3.13. The average molecular weight is 420 g/mol. The molecule has 2 N–H and O–H groups in total. The van der Waals surface area contributed by atoms with Crippen molar-refractivity contribution >= 4 is 38.3 Å². The number of alkyl halides is 1. The lowest BCUT2D eigenvalue weighted by atomic mass is 10.1. The number of halogens is 1. The highest BCUT2D eigenvalue weighted by molar-refractivity contribution is 7.92. The average Bonchev–Trinajstić information content (AvgIpc) is 3.35. The molecule has 1 atom stereocenters.